The Morgan fingerprint density at radius 2 is 1.72 bits per heavy atom. The molecule has 0 spiro atoms. The van der Waals surface area contributed by atoms with Crippen LogP contribution < -0.4 is 10.6 Å². The standard InChI is InChI=1S/C24H24N2O2S/c1-3-21(18-11-5-4-6-12-18)25-24(28)22(16-19-13-9-15-29-19)26-23(27)20-14-8-7-10-17(20)2/h4-16,21H,3H2,1-2H3,(H,25,28)(H,26,27)/b22-16-/t21-/m0/s1. The molecule has 1 aromatic heterocycles. The lowest BCUT2D eigenvalue weighted by Gasteiger charge is -2.19. The summed E-state index contributed by atoms with van der Waals surface area (Å²) in [6.45, 7) is 3.90. The van der Waals surface area contributed by atoms with E-state index >= 15 is 0 Å². The molecule has 2 N–H and O–H groups in total. The lowest BCUT2D eigenvalue weighted by molar-refractivity contribution is -0.118. The molecule has 1 atom stereocenters. The summed E-state index contributed by atoms with van der Waals surface area (Å²) in [4.78, 5) is 26.8. The molecule has 0 aliphatic heterocycles. The lowest BCUT2D eigenvalue weighted by atomic mass is 10.0. The molecule has 29 heavy (non-hydrogen) atoms. The molecule has 0 unspecified atom stereocenters. The fourth-order valence-electron chi connectivity index (χ4n) is 3.03. The lowest BCUT2D eigenvalue weighted by Crippen LogP contribution is -2.36. The number of thiophene rings is 1. The number of nitrogens with one attached hydrogen (secondary N) is 2. The van der Waals surface area contributed by atoms with E-state index in [1.807, 2.05) is 79.9 Å². The van der Waals surface area contributed by atoms with Crippen molar-refractivity contribution in [3.8, 4) is 0 Å². The second-order valence-electron chi connectivity index (χ2n) is 6.69. The van der Waals surface area contributed by atoms with Gasteiger partial charge in [0.2, 0.25) is 0 Å². The van der Waals surface area contributed by atoms with Crippen molar-refractivity contribution in [2.45, 2.75) is 26.3 Å². The highest BCUT2D eigenvalue weighted by atomic mass is 32.1. The second-order valence-corrected chi connectivity index (χ2v) is 7.67. The molecule has 4 nitrogen and oxygen atoms in total. The van der Waals surface area contributed by atoms with Gasteiger partial charge in [0.15, 0.2) is 0 Å². The van der Waals surface area contributed by atoms with E-state index in [2.05, 4.69) is 10.6 Å². The highest BCUT2D eigenvalue weighted by Gasteiger charge is 2.19. The average Bonchev–Trinajstić information content (AvgIpc) is 3.25. The van der Waals surface area contributed by atoms with Gasteiger partial charge in [0.05, 0.1) is 6.04 Å². The number of carbonyl (C=O) groups excluding carboxylic acids is 2. The highest BCUT2D eigenvalue weighted by Crippen LogP contribution is 2.18. The first kappa shape index (κ1) is 20.6. The number of hydrogen-bond donors (Lipinski definition) is 2. The van der Waals surface area contributed by atoms with E-state index < -0.39 is 0 Å². The van der Waals surface area contributed by atoms with E-state index in [0.717, 1.165) is 22.4 Å². The van der Waals surface area contributed by atoms with Gasteiger partial charge >= 0.3 is 0 Å². The molecule has 0 saturated heterocycles. The van der Waals surface area contributed by atoms with Crippen LogP contribution >= 0.6 is 11.3 Å². The van der Waals surface area contributed by atoms with Crippen LogP contribution in [0.15, 0.2) is 77.8 Å². The Labute approximate surface area is 175 Å². The average molecular weight is 405 g/mol. The van der Waals surface area contributed by atoms with Crippen molar-refractivity contribution in [3.05, 3.63) is 99.4 Å². The molecular formula is C24H24N2O2S. The molecule has 0 bridgehead atoms. The number of aryl methyl sites for hydroxylation is 1. The minimum Gasteiger partial charge on any atom is -0.344 e. The third-order valence-electron chi connectivity index (χ3n) is 4.63. The predicted octanol–water partition coefficient (Wildman–Crippen LogP) is 5.09. The second kappa shape index (κ2) is 9.85. The van der Waals surface area contributed by atoms with Crippen molar-refractivity contribution in [2.75, 3.05) is 0 Å². The largest absolute Gasteiger partial charge is 0.344 e. The number of benzene rings is 2. The zero-order valence-electron chi connectivity index (χ0n) is 16.5. The van der Waals surface area contributed by atoms with Gasteiger partial charge in [-0.05, 0) is 48.1 Å². The van der Waals surface area contributed by atoms with Crippen LogP contribution in [-0.4, -0.2) is 11.8 Å². The van der Waals surface area contributed by atoms with Gasteiger partial charge in [-0.3, -0.25) is 9.59 Å². The summed E-state index contributed by atoms with van der Waals surface area (Å²) in [6, 6.07) is 20.8. The molecule has 2 amide bonds. The van der Waals surface area contributed by atoms with E-state index in [1.165, 1.54) is 11.3 Å². The van der Waals surface area contributed by atoms with Gasteiger partial charge in [-0.1, -0.05) is 61.5 Å². The summed E-state index contributed by atoms with van der Waals surface area (Å²) in [5, 5.41) is 7.79. The number of rotatable bonds is 7. The Hall–Kier alpha value is -3.18. The van der Waals surface area contributed by atoms with E-state index in [0.29, 0.717) is 5.56 Å². The summed E-state index contributed by atoms with van der Waals surface area (Å²) in [7, 11) is 0. The molecule has 0 radical (unpaired) electrons. The fourth-order valence-corrected chi connectivity index (χ4v) is 3.69. The Morgan fingerprint density at radius 3 is 2.38 bits per heavy atom. The maximum atomic E-state index is 13.1. The summed E-state index contributed by atoms with van der Waals surface area (Å²) < 4.78 is 0. The molecule has 0 aliphatic carbocycles. The van der Waals surface area contributed by atoms with Crippen molar-refractivity contribution in [1.82, 2.24) is 10.6 Å². The molecule has 3 aromatic rings. The zero-order valence-corrected chi connectivity index (χ0v) is 17.3. The minimum absolute atomic E-state index is 0.134. The molecule has 1 heterocycles. The van der Waals surface area contributed by atoms with Gasteiger partial charge in [-0.2, -0.15) is 0 Å². The molecule has 2 aromatic carbocycles. The molecule has 3 rings (SSSR count). The van der Waals surface area contributed by atoms with Crippen LogP contribution in [0.4, 0.5) is 0 Å². The van der Waals surface area contributed by atoms with Crippen molar-refractivity contribution < 1.29 is 9.59 Å². The van der Waals surface area contributed by atoms with Crippen LogP contribution in [0.3, 0.4) is 0 Å². The normalized spacial score (nSPS) is 12.3. The number of carbonyl (C=O) groups is 2. The van der Waals surface area contributed by atoms with E-state index in [1.54, 1.807) is 12.1 Å². The van der Waals surface area contributed by atoms with Gasteiger partial charge in [0.1, 0.15) is 5.70 Å². The van der Waals surface area contributed by atoms with Gasteiger partial charge in [-0.15, -0.1) is 11.3 Å². The van der Waals surface area contributed by atoms with Crippen LogP contribution in [0.5, 0.6) is 0 Å². The monoisotopic (exact) mass is 404 g/mol. The first-order chi connectivity index (χ1) is 14.1. The maximum Gasteiger partial charge on any atom is 0.268 e. The maximum absolute atomic E-state index is 13.1. The van der Waals surface area contributed by atoms with Crippen molar-refractivity contribution in [2.24, 2.45) is 0 Å². The van der Waals surface area contributed by atoms with Crippen LogP contribution in [0, 0.1) is 6.92 Å². The summed E-state index contributed by atoms with van der Waals surface area (Å²) in [6.07, 6.45) is 2.46. The number of amides is 2. The third kappa shape index (κ3) is 5.42. The van der Waals surface area contributed by atoms with Crippen LogP contribution in [0.25, 0.3) is 6.08 Å². The Morgan fingerprint density at radius 1 is 1.00 bits per heavy atom. The molecule has 0 aliphatic rings. The zero-order chi connectivity index (χ0) is 20.6. The Bertz CT molecular complexity index is 995. The molecule has 0 fully saturated rings. The first-order valence-corrected chi connectivity index (χ1v) is 10.4. The van der Waals surface area contributed by atoms with Gasteiger partial charge in [0.25, 0.3) is 11.8 Å². The quantitative estimate of drug-likeness (QED) is 0.539. The third-order valence-corrected chi connectivity index (χ3v) is 5.45. The summed E-state index contributed by atoms with van der Waals surface area (Å²) >= 11 is 1.51. The molecule has 0 saturated carbocycles. The first-order valence-electron chi connectivity index (χ1n) is 9.56. The smallest absolute Gasteiger partial charge is 0.268 e. The topological polar surface area (TPSA) is 58.2 Å². The van der Waals surface area contributed by atoms with Crippen molar-refractivity contribution in [3.63, 3.8) is 0 Å². The number of hydrogen-bond acceptors (Lipinski definition) is 3. The molecule has 148 valence electrons. The SMILES string of the molecule is CC[C@H](NC(=O)/C(=C/c1cccs1)NC(=O)c1ccccc1C)c1ccccc1. The molecular weight excluding hydrogens is 380 g/mol. The highest BCUT2D eigenvalue weighted by molar-refractivity contribution is 7.10. The fraction of sp³-hybridized carbons (Fsp3) is 0.167. The van der Waals surface area contributed by atoms with Gasteiger partial charge in [-0.25, -0.2) is 0 Å². The summed E-state index contributed by atoms with van der Waals surface area (Å²) in [5.41, 5.74) is 2.67. The van der Waals surface area contributed by atoms with Crippen molar-refractivity contribution >= 4 is 29.2 Å². The predicted molar refractivity (Wildman–Crippen MR) is 119 cm³/mol. The van der Waals surface area contributed by atoms with E-state index in [-0.39, 0.29) is 23.6 Å². The van der Waals surface area contributed by atoms with Crippen LogP contribution in [0.2, 0.25) is 0 Å². The minimum atomic E-state index is -0.309. The van der Waals surface area contributed by atoms with Crippen molar-refractivity contribution in [1.29, 1.82) is 0 Å². The Balaban J connectivity index is 1.84. The van der Waals surface area contributed by atoms with Crippen LogP contribution in [0.1, 0.15) is 45.7 Å². The molecule has 5 heteroatoms. The summed E-state index contributed by atoms with van der Waals surface area (Å²) in [5.74, 6) is -0.607. The van der Waals surface area contributed by atoms with Gasteiger partial charge < -0.3 is 10.6 Å². The van der Waals surface area contributed by atoms with E-state index in [4.69, 9.17) is 0 Å². The van der Waals surface area contributed by atoms with Crippen LogP contribution in [-0.2, 0) is 4.79 Å². The van der Waals surface area contributed by atoms with Gasteiger partial charge in [0, 0.05) is 10.4 Å². The van der Waals surface area contributed by atoms with E-state index in [9.17, 15) is 9.59 Å². The Kier molecular flexibility index (Phi) is 6.98.